The molecule has 1 rings (SSSR count). The minimum Gasteiger partial charge on any atom is -0.444 e. The number of rotatable bonds is 6. The average Bonchev–Trinajstić information content (AvgIpc) is 2.71. The van der Waals surface area contributed by atoms with Gasteiger partial charge in [-0.2, -0.15) is 11.8 Å². The van der Waals surface area contributed by atoms with Gasteiger partial charge in [-0.05, 0) is 27.0 Å². The number of nitrogens with one attached hydrogen (secondary N) is 2. The Morgan fingerprint density at radius 3 is 2.60 bits per heavy atom. The quantitative estimate of drug-likeness (QED) is 0.428. The molecule has 2 N–H and O–H groups in total. The lowest BCUT2D eigenvalue weighted by Crippen LogP contribution is -2.40. The van der Waals surface area contributed by atoms with Crippen molar-refractivity contribution in [3.8, 4) is 0 Å². The van der Waals surface area contributed by atoms with Crippen molar-refractivity contribution in [2.75, 3.05) is 19.3 Å². The van der Waals surface area contributed by atoms with Crippen LogP contribution in [0.3, 0.4) is 0 Å². The van der Waals surface area contributed by atoms with Gasteiger partial charge in [0.2, 0.25) is 5.89 Å². The molecule has 1 aromatic rings. The van der Waals surface area contributed by atoms with Gasteiger partial charge < -0.3 is 15.1 Å². The Hall–Kier alpha value is -0.440. The van der Waals surface area contributed by atoms with E-state index in [1.165, 1.54) is 0 Å². The second kappa shape index (κ2) is 10.3. The minimum absolute atomic E-state index is 0. The van der Waals surface area contributed by atoms with Gasteiger partial charge >= 0.3 is 0 Å². The highest BCUT2D eigenvalue weighted by Crippen LogP contribution is 2.09. The first kappa shape index (κ1) is 19.6. The van der Waals surface area contributed by atoms with Crippen molar-refractivity contribution < 1.29 is 4.42 Å². The number of halogens is 1. The number of guanidine groups is 1. The monoisotopic (exact) mass is 412 g/mol. The number of aryl methyl sites for hydroxylation is 2. The molecule has 0 spiro atoms. The molecule has 1 heterocycles. The first-order chi connectivity index (χ1) is 9.06. The van der Waals surface area contributed by atoms with Gasteiger partial charge in [-0.25, -0.2) is 9.98 Å². The summed E-state index contributed by atoms with van der Waals surface area (Å²) in [6, 6.07) is 0. The predicted molar refractivity (Wildman–Crippen MR) is 97.2 cm³/mol. The molecule has 0 aliphatic rings. The van der Waals surface area contributed by atoms with Crippen LogP contribution in [-0.2, 0) is 6.54 Å². The molecule has 0 amide bonds. The molecule has 7 heteroatoms. The smallest absolute Gasteiger partial charge is 0.216 e. The molecule has 20 heavy (non-hydrogen) atoms. The number of aromatic nitrogens is 1. The van der Waals surface area contributed by atoms with Gasteiger partial charge in [-0.3, -0.25) is 0 Å². The van der Waals surface area contributed by atoms with E-state index in [1.807, 2.05) is 25.6 Å². The van der Waals surface area contributed by atoms with Crippen molar-refractivity contribution in [2.24, 2.45) is 4.99 Å². The van der Waals surface area contributed by atoms with E-state index in [2.05, 4.69) is 40.7 Å². The summed E-state index contributed by atoms with van der Waals surface area (Å²) in [6.45, 7) is 10.3. The zero-order chi connectivity index (χ0) is 14.3. The van der Waals surface area contributed by atoms with Crippen LogP contribution in [0.5, 0.6) is 0 Å². The fraction of sp³-hybridized carbons (Fsp3) is 0.692. The van der Waals surface area contributed by atoms with E-state index in [0.29, 0.717) is 17.7 Å². The highest BCUT2D eigenvalue weighted by atomic mass is 127. The summed E-state index contributed by atoms with van der Waals surface area (Å²) >= 11 is 1.83. The fourth-order valence-electron chi connectivity index (χ4n) is 1.42. The summed E-state index contributed by atoms with van der Waals surface area (Å²) in [5.41, 5.74) is 0.930. The number of thioether (sulfide) groups is 1. The largest absolute Gasteiger partial charge is 0.444 e. The van der Waals surface area contributed by atoms with Crippen LogP contribution in [-0.4, -0.2) is 35.5 Å². The fourth-order valence-corrected chi connectivity index (χ4v) is 1.67. The van der Waals surface area contributed by atoms with E-state index in [0.717, 1.165) is 30.5 Å². The maximum absolute atomic E-state index is 5.51. The molecule has 1 unspecified atom stereocenters. The number of oxazole rings is 1. The highest BCUT2D eigenvalue weighted by Gasteiger charge is 2.06. The van der Waals surface area contributed by atoms with Crippen LogP contribution in [0.15, 0.2) is 9.41 Å². The summed E-state index contributed by atoms with van der Waals surface area (Å²) < 4.78 is 5.51. The second-order valence-corrected chi connectivity index (χ2v) is 5.65. The molecule has 0 radical (unpaired) electrons. The van der Waals surface area contributed by atoms with Gasteiger partial charge in [0, 0.05) is 18.3 Å². The molecule has 5 nitrogen and oxygen atoms in total. The lowest BCUT2D eigenvalue weighted by Gasteiger charge is -2.13. The Balaban J connectivity index is 0.00000361. The molecular formula is C13H25IN4OS. The zero-order valence-electron chi connectivity index (χ0n) is 12.8. The van der Waals surface area contributed by atoms with Crippen LogP contribution in [0.25, 0.3) is 0 Å². The molecule has 0 aliphatic heterocycles. The van der Waals surface area contributed by atoms with Gasteiger partial charge in [-0.15, -0.1) is 24.0 Å². The lowest BCUT2D eigenvalue weighted by molar-refractivity contribution is 0.473. The normalized spacial score (nSPS) is 12.8. The van der Waals surface area contributed by atoms with Gasteiger partial charge in [-0.1, -0.05) is 6.92 Å². The number of nitrogens with zero attached hydrogens (tertiary/aromatic N) is 2. The molecule has 0 aromatic carbocycles. The van der Waals surface area contributed by atoms with Crippen LogP contribution >= 0.6 is 35.7 Å². The molecule has 116 valence electrons. The molecule has 0 fully saturated rings. The Kier molecular flexibility index (Phi) is 10.1. The molecule has 0 bridgehead atoms. The Morgan fingerprint density at radius 1 is 1.40 bits per heavy atom. The van der Waals surface area contributed by atoms with Crippen LogP contribution in [0.1, 0.15) is 31.2 Å². The van der Waals surface area contributed by atoms with Crippen molar-refractivity contribution >= 4 is 41.7 Å². The first-order valence-electron chi connectivity index (χ1n) is 6.54. The maximum Gasteiger partial charge on any atom is 0.216 e. The van der Waals surface area contributed by atoms with Crippen molar-refractivity contribution in [3.05, 3.63) is 17.3 Å². The highest BCUT2D eigenvalue weighted by molar-refractivity contribution is 14.0. The van der Waals surface area contributed by atoms with Crippen LogP contribution in [0.2, 0.25) is 0 Å². The van der Waals surface area contributed by atoms with Crippen LogP contribution in [0, 0.1) is 13.8 Å². The zero-order valence-corrected chi connectivity index (χ0v) is 16.0. The van der Waals surface area contributed by atoms with E-state index >= 15 is 0 Å². The maximum atomic E-state index is 5.51. The first-order valence-corrected chi connectivity index (χ1v) is 7.83. The third kappa shape index (κ3) is 6.83. The van der Waals surface area contributed by atoms with E-state index in [1.54, 1.807) is 0 Å². The Bertz CT molecular complexity index is 403. The van der Waals surface area contributed by atoms with E-state index in [4.69, 9.17) is 4.42 Å². The summed E-state index contributed by atoms with van der Waals surface area (Å²) in [6.07, 6.45) is 2.11. The number of hydrogen-bond donors (Lipinski definition) is 2. The van der Waals surface area contributed by atoms with Crippen LogP contribution < -0.4 is 10.6 Å². The summed E-state index contributed by atoms with van der Waals surface area (Å²) in [5, 5.41) is 7.08. The van der Waals surface area contributed by atoms with Gasteiger partial charge in [0.05, 0.1) is 5.69 Å². The Morgan fingerprint density at radius 2 is 2.10 bits per heavy atom. The molecule has 1 atom stereocenters. The second-order valence-electron chi connectivity index (χ2n) is 4.37. The lowest BCUT2D eigenvalue weighted by atomic mass is 10.4. The topological polar surface area (TPSA) is 62.5 Å². The summed E-state index contributed by atoms with van der Waals surface area (Å²) in [4.78, 5) is 8.79. The van der Waals surface area contributed by atoms with E-state index in [-0.39, 0.29) is 24.0 Å². The Labute approximate surface area is 142 Å². The van der Waals surface area contributed by atoms with E-state index in [9.17, 15) is 0 Å². The number of hydrogen-bond acceptors (Lipinski definition) is 4. The minimum atomic E-state index is 0. The standard InChI is InChI=1S/C13H24N4OS.HI/c1-6-14-13(15-7-9(2)19-5)16-8-12-17-10(3)11(4)18-12;/h9H,6-8H2,1-5H3,(H2,14,15,16);1H. The third-order valence-electron chi connectivity index (χ3n) is 2.75. The molecule has 1 aromatic heterocycles. The number of aliphatic imine (C=N–C) groups is 1. The average molecular weight is 412 g/mol. The molecule has 0 saturated carbocycles. The van der Waals surface area contributed by atoms with Crippen molar-refractivity contribution in [1.29, 1.82) is 0 Å². The van der Waals surface area contributed by atoms with Gasteiger partial charge in [0.25, 0.3) is 0 Å². The van der Waals surface area contributed by atoms with Crippen molar-refractivity contribution in [3.63, 3.8) is 0 Å². The summed E-state index contributed by atoms with van der Waals surface area (Å²) in [5.74, 6) is 2.32. The van der Waals surface area contributed by atoms with Gasteiger partial charge in [0.15, 0.2) is 5.96 Å². The van der Waals surface area contributed by atoms with Crippen LogP contribution in [0.4, 0.5) is 0 Å². The van der Waals surface area contributed by atoms with Crippen molar-refractivity contribution in [2.45, 2.75) is 39.5 Å². The predicted octanol–water partition coefficient (Wildman–Crippen LogP) is 2.72. The van der Waals surface area contributed by atoms with E-state index < -0.39 is 0 Å². The van der Waals surface area contributed by atoms with Crippen molar-refractivity contribution in [1.82, 2.24) is 15.6 Å². The molecule has 0 aliphatic carbocycles. The van der Waals surface area contributed by atoms with Gasteiger partial charge in [0.1, 0.15) is 12.3 Å². The molecule has 0 saturated heterocycles. The third-order valence-corrected chi connectivity index (χ3v) is 3.72. The summed E-state index contributed by atoms with van der Waals surface area (Å²) in [7, 11) is 0. The SMILES string of the molecule is CCNC(=NCc1nc(C)c(C)o1)NCC(C)SC.I. The molecular weight excluding hydrogens is 387 g/mol.